The Balaban J connectivity index is 2.94. The fourth-order valence-electron chi connectivity index (χ4n) is 1.19. The van der Waals surface area contributed by atoms with Gasteiger partial charge in [-0.15, -0.1) is 0 Å². The first-order valence-corrected chi connectivity index (χ1v) is 5.12. The maximum Gasteiger partial charge on any atom is 0.115 e. The third-order valence-corrected chi connectivity index (χ3v) is 2.85. The fourth-order valence-corrected chi connectivity index (χ4v) is 2.46. The summed E-state index contributed by atoms with van der Waals surface area (Å²) in [5.41, 5.74) is 0. The van der Waals surface area contributed by atoms with E-state index in [1.165, 1.54) is 0 Å². The van der Waals surface area contributed by atoms with E-state index in [2.05, 4.69) is 20.9 Å². The van der Waals surface area contributed by atoms with Gasteiger partial charge < -0.3 is 0 Å². The van der Waals surface area contributed by atoms with Crippen molar-refractivity contribution in [2.24, 2.45) is 0 Å². The molecule has 0 radical (unpaired) electrons. The Hall–Kier alpha value is -0.310. The van der Waals surface area contributed by atoms with Gasteiger partial charge in [-0.05, 0) is 39.5 Å². The molecule has 1 aromatic heterocycles. The second-order valence-electron chi connectivity index (χ2n) is 2.59. The molecule has 0 aliphatic carbocycles. The van der Waals surface area contributed by atoms with Crippen molar-refractivity contribution in [3.8, 4) is 0 Å². The summed E-state index contributed by atoms with van der Waals surface area (Å²) < 4.78 is 0.742. The van der Waals surface area contributed by atoms with Gasteiger partial charge in [0, 0.05) is 16.6 Å². The molecule has 1 heterocycles. The lowest BCUT2D eigenvalue weighted by Gasteiger charge is -2.02. The summed E-state index contributed by atoms with van der Waals surface area (Å²) in [6, 6.07) is 5.44. The van der Waals surface area contributed by atoms with Crippen molar-refractivity contribution in [2.45, 2.75) is 0 Å². The predicted molar refractivity (Wildman–Crippen MR) is 59.5 cm³/mol. The van der Waals surface area contributed by atoms with Crippen LogP contribution in [0, 0.1) is 0 Å². The molecule has 0 saturated heterocycles. The van der Waals surface area contributed by atoms with Crippen LogP contribution in [0.1, 0.15) is 0 Å². The van der Waals surface area contributed by atoms with Gasteiger partial charge in [-0.3, -0.25) is 0 Å². The summed E-state index contributed by atoms with van der Waals surface area (Å²) in [5.74, 6) is 0. The van der Waals surface area contributed by atoms with E-state index in [1.807, 2.05) is 12.1 Å². The van der Waals surface area contributed by atoms with E-state index in [0.29, 0.717) is 10.0 Å². The van der Waals surface area contributed by atoms with E-state index < -0.39 is 0 Å². The Bertz CT molecular complexity index is 470. The van der Waals surface area contributed by atoms with Crippen LogP contribution in [0.15, 0.2) is 29.0 Å². The molecule has 0 spiro atoms. The maximum atomic E-state index is 6.01. The van der Waals surface area contributed by atoms with Gasteiger partial charge in [0.15, 0.2) is 0 Å². The van der Waals surface area contributed by atoms with E-state index >= 15 is 0 Å². The molecule has 0 N–H and O–H groups in total. The van der Waals surface area contributed by atoms with Gasteiger partial charge >= 0.3 is 0 Å². The summed E-state index contributed by atoms with van der Waals surface area (Å²) in [5, 5.41) is 3.13. The van der Waals surface area contributed by atoms with Crippen LogP contribution in [0.5, 0.6) is 0 Å². The second-order valence-corrected chi connectivity index (χ2v) is 4.18. The summed E-state index contributed by atoms with van der Waals surface area (Å²) in [7, 11) is 0. The highest BCUT2D eigenvalue weighted by Crippen LogP contribution is 2.31. The summed E-state index contributed by atoms with van der Waals surface area (Å²) in [6.45, 7) is 0. The van der Waals surface area contributed by atoms with E-state index in [0.717, 1.165) is 15.4 Å². The van der Waals surface area contributed by atoms with Gasteiger partial charge in [-0.1, -0.05) is 23.2 Å². The second kappa shape index (κ2) is 3.45. The molecule has 0 saturated carbocycles. The van der Waals surface area contributed by atoms with Crippen LogP contribution in [0.3, 0.4) is 0 Å². The van der Waals surface area contributed by atoms with Crippen LogP contribution in [0.2, 0.25) is 10.0 Å². The summed E-state index contributed by atoms with van der Waals surface area (Å²) >= 11 is 15.2. The molecule has 0 fully saturated rings. The van der Waals surface area contributed by atoms with Gasteiger partial charge in [-0.25, -0.2) is 4.98 Å². The Kier molecular flexibility index (Phi) is 2.45. The van der Waals surface area contributed by atoms with Crippen molar-refractivity contribution in [3.63, 3.8) is 0 Å². The summed E-state index contributed by atoms with van der Waals surface area (Å²) in [4.78, 5) is 4.09. The zero-order valence-corrected chi connectivity index (χ0v) is 9.49. The Labute approximate surface area is 93.8 Å². The molecule has 1 aromatic carbocycles. The number of rotatable bonds is 0. The minimum atomic E-state index is 0.613. The molecule has 13 heavy (non-hydrogen) atoms. The zero-order valence-electron chi connectivity index (χ0n) is 6.39. The van der Waals surface area contributed by atoms with Crippen molar-refractivity contribution in [1.82, 2.24) is 4.98 Å². The molecule has 1 nitrogen and oxygen atoms in total. The Morgan fingerprint density at radius 1 is 1.23 bits per heavy atom. The third-order valence-electron chi connectivity index (χ3n) is 1.73. The monoisotopic (exact) mass is 275 g/mol. The van der Waals surface area contributed by atoms with Crippen molar-refractivity contribution < 1.29 is 0 Å². The number of benzene rings is 1. The third kappa shape index (κ3) is 1.66. The number of halogens is 3. The zero-order chi connectivity index (χ0) is 9.42. The van der Waals surface area contributed by atoms with Crippen LogP contribution in [-0.2, 0) is 0 Å². The molecule has 0 amide bonds. The average molecular weight is 277 g/mol. The minimum absolute atomic E-state index is 0.613. The number of hydrogen-bond acceptors (Lipinski definition) is 1. The first-order chi connectivity index (χ1) is 6.18. The molecule has 2 rings (SSSR count). The molecular formula is C9H4BrCl2N. The highest BCUT2D eigenvalue weighted by molar-refractivity contribution is 9.10. The predicted octanol–water partition coefficient (Wildman–Crippen LogP) is 4.30. The molecule has 0 aliphatic heterocycles. The van der Waals surface area contributed by atoms with Crippen LogP contribution in [-0.4, -0.2) is 4.98 Å². The first-order valence-electron chi connectivity index (χ1n) is 3.58. The van der Waals surface area contributed by atoms with Gasteiger partial charge in [0.25, 0.3) is 0 Å². The molecule has 66 valence electrons. The van der Waals surface area contributed by atoms with Crippen molar-refractivity contribution in [3.05, 3.63) is 39.0 Å². The number of nitrogens with zero attached hydrogens (tertiary/aromatic N) is 1. The Morgan fingerprint density at radius 3 is 2.77 bits per heavy atom. The number of pyridine rings is 1. The van der Waals surface area contributed by atoms with Crippen molar-refractivity contribution >= 4 is 49.9 Å². The van der Waals surface area contributed by atoms with Crippen molar-refractivity contribution in [2.75, 3.05) is 0 Å². The standard InChI is InChI=1S/C9H4BrCl2N/c10-9-8-5(1-2-13-9)3-6(11)4-7(8)12/h1-4H. The number of aromatic nitrogens is 1. The lowest BCUT2D eigenvalue weighted by atomic mass is 10.2. The van der Waals surface area contributed by atoms with Crippen molar-refractivity contribution in [1.29, 1.82) is 0 Å². The molecule has 4 heteroatoms. The number of fused-ring (bicyclic) bond motifs is 1. The number of hydrogen-bond donors (Lipinski definition) is 0. The SMILES string of the molecule is Clc1cc(Cl)c2c(Br)nccc2c1. The van der Waals surface area contributed by atoms with E-state index in [4.69, 9.17) is 23.2 Å². The van der Waals surface area contributed by atoms with E-state index in [-0.39, 0.29) is 0 Å². The molecule has 0 unspecified atom stereocenters. The topological polar surface area (TPSA) is 12.9 Å². The van der Waals surface area contributed by atoms with Gasteiger partial charge in [0.1, 0.15) is 4.60 Å². The average Bonchev–Trinajstić information content (AvgIpc) is 2.02. The summed E-state index contributed by atoms with van der Waals surface area (Å²) in [6.07, 6.45) is 1.71. The highest BCUT2D eigenvalue weighted by atomic mass is 79.9. The molecule has 0 aliphatic rings. The Morgan fingerprint density at radius 2 is 2.00 bits per heavy atom. The van der Waals surface area contributed by atoms with E-state index in [1.54, 1.807) is 12.3 Å². The van der Waals surface area contributed by atoms with Gasteiger partial charge in [0.2, 0.25) is 0 Å². The van der Waals surface area contributed by atoms with Gasteiger partial charge in [0.05, 0.1) is 5.02 Å². The lowest BCUT2D eigenvalue weighted by Crippen LogP contribution is -1.80. The normalized spacial score (nSPS) is 10.7. The highest BCUT2D eigenvalue weighted by Gasteiger charge is 2.05. The van der Waals surface area contributed by atoms with Crippen LogP contribution in [0.25, 0.3) is 10.8 Å². The maximum absolute atomic E-state index is 6.01. The molecule has 0 bridgehead atoms. The van der Waals surface area contributed by atoms with Crippen LogP contribution in [0.4, 0.5) is 0 Å². The first kappa shape index (κ1) is 9.25. The largest absolute Gasteiger partial charge is 0.249 e. The molecule has 2 aromatic rings. The van der Waals surface area contributed by atoms with E-state index in [9.17, 15) is 0 Å². The molecule has 0 atom stereocenters. The quantitative estimate of drug-likeness (QED) is 0.654. The van der Waals surface area contributed by atoms with Crippen LogP contribution >= 0.6 is 39.1 Å². The smallest absolute Gasteiger partial charge is 0.115 e. The van der Waals surface area contributed by atoms with Gasteiger partial charge in [-0.2, -0.15) is 0 Å². The fraction of sp³-hybridized carbons (Fsp3) is 0. The molecular weight excluding hydrogens is 273 g/mol. The van der Waals surface area contributed by atoms with Crippen LogP contribution < -0.4 is 0 Å². The lowest BCUT2D eigenvalue weighted by molar-refractivity contribution is 1.31. The minimum Gasteiger partial charge on any atom is -0.249 e.